The third-order valence-corrected chi connectivity index (χ3v) is 1.80. The van der Waals surface area contributed by atoms with Gasteiger partial charge >= 0.3 is 5.97 Å². The van der Waals surface area contributed by atoms with Crippen molar-refractivity contribution in [1.82, 2.24) is 0 Å². The topological polar surface area (TPSA) is 82.2 Å². The first-order valence-corrected chi connectivity index (χ1v) is 3.79. The van der Waals surface area contributed by atoms with Crippen molar-refractivity contribution in [2.24, 2.45) is 9.63 Å². The molecule has 1 aliphatic heterocycles. The highest BCUT2D eigenvalue weighted by Crippen LogP contribution is 2.21. The van der Waals surface area contributed by atoms with E-state index in [9.17, 15) is 4.79 Å². The monoisotopic (exact) mass is 174 g/mol. The zero-order valence-electron chi connectivity index (χ0n) is 5.52. The number of hydrogen-bond acceptors (Lipinski definition) is 5. The maximum atomic E-state index is 10.4. The van der Waals surface area contributed by atoms with Gasteiger partial charge in [-0.05, 0) is 0 Å². The average molecular weight is 174 g/mol. The number of nitrogens with zero attached hydrogens (tertiary/aromatic N) is 2. The molecule has 0 saturated carbocycles. The van der Waals surface area contributed by atoms with Crippen LogP contribution in [0.15, 0.2) is 20.9 Å². The normalized spacial score (nSPS) is 17.2. The van der Waals surface area contributed by atoms with E-state index in [2.05, 4.69) is 9.63 Å². The minimum atomic E-state index is -1.04. The highest BCUT2D eigenvalue weighted by atomic mass is 32.2. The summed E-state index contributed by atoms with van der Waals surface area (Å²) in [5.74, 6) is -0.769. The molecule has 5 nitrogen and oxygen atoms in total. The molecule has 0 aliphatic carbocycles. The number of aliphatic hydroxyl groups is 1. The second-order valence-corrected chi connectivity index (χ2v) is 2.55. The van der Waals surface area contributed by atoms with Crippen LogP contribution in [0.5, 0.6) is 0 Å². The molecule has 0 amide bonds. The molecular formula is C5H6N2O3S. The summed E-state index contributed by atoms with van der Waals surface area (Å²) in [6, 6.07) is 0. The van der Waals surface area contributed by atoms with Crippen LogP contribution < -0.4 is 0 Å². The van der Waals surface area contributed by atoms with Gasteiger partial charge in [-0.1, -0.05) is 0 Å². The van der Waals surface area contributed by atoms with E-state index in [4.69, 9.17) is 10.2 Å². The fourth-order valence-corrected chi connectivity index (χ4v) is 1.26. The minimum absolute atomic E-state index is 0.132. The summed E-state index contributed by atoms with van der Waals surface area (Å²) in [6.45, 7) is -0.369. The van der Waals surface area contributed by atoms with Crippen LogP contribution in [0, 0.1) is 0 Å². The van der Waals surface area contributed by atoms with Crippen molar-refractivity contribution in [2.45, 2.75) is 0 Å². The number of carboxylic acids is 1. The summed E-state index contributed by atoms with van der Waals surface area (Å²) >= 11 is 1.06. The van der Waals surface area contributed by atoms with Crippen molar-refractivity contribution in [3.05, 3.63) is 11.3 Å². The van der Waals surface area contributed by atoms with Crippen LogP contribution in [0.1, 0.15) is 0 Å². The SMILES string of the molecule is O=C(O)C1=C(CO)N=NSC1. The molecule has 1 heterocycles. The molecule has 0 aromatic heterocycles. The van der Waals surface area contributed by atoms with Gasteiger partial charge in [0.25, 0.3) is 0 Å². The molecule has 2 N–H and O–H groups in total. The van der Waals surface area contributed by atoms with Crippen molar-refractivity contribution in [1.29, 1.82) is 0 Å². The maximum Gasteiger partial charge on any atom is 0.334 e. The molecule has 0 unspecified atom stereocenters. The van der Waals surface area contributed by atoms with E-state index >= 15 is 0 Å². The van der Waals surface area contributed by atoms with Crippen LogP contribution in [0.25, 0.3) is 0 Å². The Balaban J connectivity index is 2.91. The second kappa shape index (κ2) is 3.49. The number of aliphatic carboxylic acids is 1. The Morgan fingerprint density at radius 3 is 2.91 bits per heavy atom. The molecule has 0 radical (unpaired) electrons. The lowest BCUT2D eigenvalue weighted by molar-refractivity contribution is -0.132. The van der Waals surface area contributed by atoms with Crippen LogP contribution in [-0.4, -0.2) is 28.5 Å². The van der Waals surface area contributed by atoms with E-state index in [0.717, 1.165) is 11.9 Å². The third-order valence-electron chi connectivity index (χ3n) is 1.18. The predicted octanol–water partition coefficient (Wildman–Crippen LogP) is 0.431. The van der Waals surface area contributed by atoms with Gasteiger partial charge in [-0.15, -0.1) is 9.63 Å². The van der Waals surface area contributed by atoms with Crippen LogP contribution in [-0.2, 0) is 4.79 Å². The Morgan fingerprint density at radius 2 is 2.45 bits per heavy atom. The fraction of sp³-hybridized carbons (Fsp3) is 0.400. The fourth-order valence-electron chi connectivity index (χ4n) is 0.627. The van der Waals surface area contributed by atoms with Crippen molar-refractivity contribution >= 4 is 17.9 Å². The summed E-state index contributed by atoms with van der Waals surface area (Å²) in [6.07, 6.45) is 0. The molecule has 0 spiro atoms. The lowest BCUT2D eigenvalue weighted by Gasteiger charge is -2.06. The minimum Gasteiger partial charge on any atom is -0.478 e. The molecule has 0 fully saturated rings. The standard InChI is InChI=1S/C5H6N2O3S/c8-1-4-3(5(9)10)2-11-7-6-4/h8H,1-2H2,(H,9,10). The largest absolute Gasteiger partial charge is 0.478 e. The highest BCUT2D eigenvalue weighted by molar-refractivity contribution is 7.98. The van der Waals surface area contributed by atoms with Gasteiger partial charge in [-0.2, -0.15) is 0 Å². The van der Waals surface area contributed by atoms with E-state index in [0.29, 0.717) is 0 Å². The van der Waals surface area contributed by atoms with E-state index in [1.54, 1.807) is 0 Å². The van der Waals surface area contributed by atoms with Crippen molar-refractivity contribution in [3.8, 4) is 0 Å². The molecule has 0 aromatic rings. The number of carboxylic acid groups (broad SMARTS) is 1. The van der Waals surface area contributed by atoms with Gasteiger partial charge in [0.15, 0.2) is 0 Å². The zero-order valence-corrected chi connectivity index (χ0v) is 6.34. The lowest BCUT2D eigenvalue weighted by Crippen LogP contribution is -2.09. The molecule has 1 aliphatic rings. The molecule has 0 aromatic carbocycles. The van der Waals surface area contributed by atoms with E-state index in [-0.39, 0.29) is 23.6 Å². The number of hydrogen-bond donors (Lipinski definition) is 2. The molecule has 11 heavy (non-hydrogen) atoms. The first-order valence-electron chi connectivity index (χ1n) is 2.85. The number of carbonyl (C=O) groups is 1. The molecule has 0 atom stereocenters. The quantitative estimate of drug-likeness (QED) is 0.595. The Hall–Kier alpha value is -0.880. The van der Waals surface area contributed by atoms with Crippen molar-refractivity contribution in [2.75, 3.05) is 12.4 Å². The van der Waals surface area contributed by atoms with Crippen LogP contribution in [0.3, 0.4) is 0 Å². The molecular weight excluding hydrogens is 168 g/mol. The predicted molar refractivity (Wildman–Crippen MR) is 39.1 cm³/mol. The molecule has 0 saturated heterocycles. The molecule has 6 heteroatoms. The summed E-state index contributed by atoms with van der Waals surface area (Å²) in [7, 11) is 0. The Kier molecular flexibility index (Phi) is 2.61. The molecule has 1 rings (SSSR count). The summed E-state index contributed by atoms with van der Waals surface area (Å²) in [5.41, 5.74) is 0.281. The Morgan fingerprint density at radius 1 is 1.73 bits per heavy atom. The second-order valence-electron chi connectivity index (χ2n) is 1.84. The van der Waals surface area contributed by atoms with Gasteiger partial charge in [0.05, 0.1) is 17.9 Å². The van der Waals surface area contributed by atoms with Gasteiger partial charge in [0.2, 0.25) is 0 Å². The smallest absolute Gasteiger partial charge is 0.334 e. The number of rotatable bonds is 2. The molecule has 60 valence electrons. The third kappa shape index (κ3) is 1.78. The average Bonchev–Trinajstić information content (AvgIpc) is 2.04. The van der Waals surface area contributed by atoms with Gasteiger partial charge in [0.1, 0.15) is 5.70 Å². The van der Waals surface area contributed by atoms with Crippen LogP contribution >= 0.6 is 11.9 Å². The molecule has 0 bridgehead atoms. The summed E-state index contributed by atoms with van der Waals surface area (Å²) in [4.78, 5) is 10.4. The van der Waals surface area contributed by atoms with Crippen molar-refractivity contribution < 1.29 is 15.0 Å². The maximum absolute atomic E-state index is 10.4. The van der Waals surface area contributed by atoms with E-state index < -0.39 is 5.97 Å². The van der Waals surface area contributed by atoms with Crippen LogP contribution in [0.2, 0.25) is 0 Å². The van der Waals surface area contributed by atoms with E-state index in [1.807, 2.05) is 0 Å². The van der Waals surface area contributed by atoms with E-state index in [1.165, 1.54) is 0 Å². The summed E-state index contributed by atoms with van der Waals surface area (Å²) in [5, 5.41) is 20.7. The Labute approximate surface area is 67.0 Å². The van der Waals surface area contributed by atoms with Gasteiger partial charge in [-0.3, -0.25) is 0 Å². The Bertz CT molecular complexity index is 236. The van der Waals surface area contributed by atoms with Crippen molar-refractivity contribution in [3.63, 3.8) is 0 Å². The zero-order chi connectivity index (χ0) is 8.27. The first kappa shape index (κ1) is 8.22. The van der Waals surface area contributed by atoms with Gasteiger partial charge in [0, 0.05) is 11.9 Å². The van der Waals surface area contributed by atoms with Crippen LogP contribution in [0.4, 0.5) is 0 Å². The number of aliphatic hydroxyl groups excluding tert-OH is 1. The highest BCUT2D eigenvalue weighted by Gasteiger charge is 2.16. The van der Waals surface area contributed by atoms with Gasteiger partial charge in [-0.25, -0.2) is 4.79 Å². The summed E-state index contributed by atoms with van der Waals surface area (Å²) < 4.78 is 3.52. The lowest BCUT2D eigenvalue weighted by atomic mass is 10.2. The van der Waals surface area contributed by atoms with Gasteiger partial charge < -0.3 is 10.2 Å². The first-order chi connectivity index (χ1) is 5.25.